The van der Waals surface area contributed by atoms with Crippen molar-refractivity contribution in [3.05, 3.63) is 40.6 Å². The van der Waals surface area contributed by atoms with Crippen LogP contribution in [0.15, 0.2) is 29.2 Å². The fourth-order valence-electron chi connectivity index (χ4n) is 2.93. The molecular formula is C17H16FN5O5. The Morgan fingerprint density at radius 1 is 1.36 bits per heavy atom. The van der Waals surface area contributed by atoms with Gasteiger partial charge in [-0.2, -0.15) is 10.1 Å². The third kappa shape index (κ3) is 3.39. The highest BCUT2D eigenvalue weighted by Gasteiger charge is 2.19. The minimum absolute atomic E-state index is 0.0256. The van der Waals surface area contributed by atoms with Gasteiger partial charge in [-0.3, -0.25) is 9.78 Å². The van der Waals surface area contributed by atoms with Gasteiger partial charge in [-0.1, -0.05) is 0 Å². The van der Waals surface area contributed by atoms with Crippen LogP contribution in [0.3, 0.4) is 0 Å². The van der Waals surface area contributed by atoms with E-state index in [9.17, 15) is 14.0 Å². The fraction of sp³-hybridized carbons (Fsp3) is 0.294. The number of morpholine rings is 1. The number of carboxylic acids is 1. The number of hydrogen-bond donors (Lipinski definition) is 2. The number of H-pyrrole nitrogens is 1. The second-order valence-corrected chi connectivity index (χ2v) is 6.08. The predicted molar refractivity (Wildman–Crippen MR) is 95.6 cm³/mol. The molecule has 0 spiro atoms. The lowest BCUT2D eigenvalue weighted by Gasteiger charge is -2.27. The van der Waals surface area contributed by atoms with Crippen molar-refractivity contribution in [3.8, 4) is 11.4 Å². The highest BCUT2D eigenvalue weighted by Crippen LogP contribution is 2.26. The quantitative estimate of drug-likeness (QED) is 0.649. The van der Waals surface area contributed by atoms with E-state index in [4.69, 9.17) is 14.6 Å². The minimum atomic E-state index is -1.20. The molecule has 28 heavy (non-hydrogen) atoms. The Kier molecular flexibility index (Phi) is 4.65. The van der Waals surface area contributed by atoms with Crippen LogP contribution < -0.4 is 15.2 Å². The summed E-state index contributed by atoms with van der Waals surface area (Å²) in [6, 6.07) is 3.63. The van der Waals surface area contributed by atoms with Crippen LogP contribution in [0.25, 0.3) is 16.7 Å². The molecule has 2 N–H and O–H groups in total. The van der Waals surface area contributed by atoms with Crippen molar-refractivity contribution in [1.82, 2.24) is 19.7 Å². The van der Waals surface area contributed by atoms with Crippen molar-refractivity contribution in [2.45, 2.75) is 0 Å². The highest BCUT2D eigenvalue weighted by molar-refractivity contribution is 5.77. The lowest BCUT2D eigenvalue weighted by molar-refractivity contribution is -0.139. The van der Waals surface area contributed by atoms with Crippen LogP contribution in [-0.4, -0.2) is 63.7 Å². The number of hydrogen-bond acceptors (Lipinski definition) is 7. The molecule has 146 valence electrons. The second-order valence-electron chi connectivity index (χ2n) is 6.08. The maximum Gasteiger partial charge on any atom is 0.341 e. The molecule has 0 bridgehead atoms. The van der Waals surface area contributed by atoms with Crippen LogP contribution in [0.1, 0.15) is 0 Å². The van der Waals surface area contributed by atoms with E-state index >= 15 is 0 Å². The number of aliphatic carboxylic acids is 1. The van der Waals surface area contributed by atoms with E-state index in [0.29, 0.717) is 32.3 Å². The number of rotatable bonds is 5. The molecule has 0 atom stereocenters. The van der Waals surface area contributed by atoms with Crippen LogP contribution >= 0.6 is 0 Å². The first-order valence-corrected chi connectivity index (χ1v) is 8.48. The molecule has 0 aliphatic carbocycles. The van der Waals surface area contributed by atoms with Crippen molar-refractivity contribution in [2.75, 3.05) is 37.8 Å². The van der Waals surface area contributed by atoms with Gasteiger partial charge in [0.05, 0.1) is 19.4 Å². The number of halogens is 1. The molecule has 1 aromatic carbocycles. The SMILES string of the molecule is O=C(O)COc1cc(F)ccc1-n1ncc2c(=O)[nH]c(N3CCOCC3)nc21. The summed E-state index contributed by atoms with van der Waals surface area (Å²) in [5.41, 5.74) is 0.147. The number of benzene rings is 1. The molecule has 0 radical (unpaired) electrons. The summed E-state index contributed by atoms with van der Waals surface area (Å²) < 4.78 is 25.5. The van der Waals surface area contributed by atoms with Crippen molar-refractivity contribution in [1.29, 1.82) is 0 Å². The van der Waals surface area contributed by atoms with Crippen LogP contribution in [0.2, 0.25) is 0 Å². The van der Waals surface area contributed by atoms with Gasteiger partial charge in [-0.05, 0) is 12.1 Å². The van der Waals surface area contributed by atoms with Crippen LogP contribution in [0.5, 0.6) is 5.75 Å². The molecule has 0 amide bonds. The average molecular weight is 389 g/mol. The van der Waals surface area contributed by atoms with E-state index in [1.54, 1.807) is 0 Å². The number of ether oxygens (including phenoxy) is 2. The van der Waals surface area contributed by atoms with Gasteiger partial charge in [0.15, 0.2) is 12.3 Å². The van der Waals surface area contributed by atoms with Gasteiger partial charge in [0.2, 0.25) is 5.95 Å². The van der Waals surface area contributed by atoms with E-state index < -0.39 is 18.4 Å². The zero-order chi connectivity index (χ0) is 19.7. The standard InChI is InChI=1S/C17H16FN5O5/c18-10-1-2-12(13(7-10)28-9-14(24)25)23-15-11(8-19-23)16(26)21-17(20-15)22-3-5-27-6-4-22/h1-2,7-8H,3-6,9H2,(H,24,25)(H,20,21,26). The zero-order valence-electron chi connectivity index (χ0n) is 14.6. The summed E-state index contributed by atoms with van der Waals surface area (Å²) in [4.78, 5) is 32.4. The maximum atomic E-state index is 13.7. The molecular weight excluding hydrogens is 373 g/mol. The van der Waals surface area contributed by atoms with Gasteiger partial charge in [0.1, 0.15) is 22.6 Å². The summed E-state index contributed by atoms with van der Waals surface area (Å²) in [5, 5.41) is 13.3. The smallest absolute Gasteiger partial charge is 0.341 e. The molecule has 11 heteroatoms. The van der Waals surface area contributed by atoms with Gasteiger partial charge >= 0.3 is 5.97 Å². The Labute approximate surface area is 157 Å². The maximum absolute atomic E-state index is 13.7. The Morgan fingerprint density at radius 2 is 2.14 bits per heavy atom. The van der Waals surface area contributed by atoms with Crippen LogP contribution in [0, 0.1) is 5.82 Å². The highest BCUT2D eigenvalue weighted by atomic mass is 19.1. The normalized spacial score (nSPS) is 14.4. The van der Waals surface area contributed by atoms with Gasteiger partial charge < -0.3 is 19.5 Å². The molecule has 10 nitrogen and oxygen atoms in total. The Hall–Kier alpha value is -3.47. The first-order valence-electron chi connectivity index (χ1n) is 8.48. The van der Waals surface area contributed by atoms with Gasteiger partial charge in [0, 0.05) is 19.2 Å². The number of anilines is 1. The number of fused-ring (bicyclic) bond motifs is 1. The summed E-state index contributed by atoms with van der Waals surface area (Å²) in [7, 11) is 0. The largest absolute Gasteiger partial charge is 0.480 e. The summed E-state index contributed by atoms with van der Waals surface area (Å²) in [6.45, 7) is 1.54. The van der Waals surface area contributed by atoms with Crippen molar-refractivity contribution >= 4 is 23.0 Å². The Morgan fingerprint density at radius 3 is 2.89 bits per heavy atom. The molecule has 1 aliphatic heterocycles. The summed E-state index contributed by atoms with van der Waals surface area (Å²) in [5.74, 6) is -1.45. The van der Waals surface area contributed by atoms with Gasteiger partial charge in [-0.15, -0.1) is 0 Å². The number of nitrogens with zero attached hydrogens (tertiary/aromatic N) is 4. The molecule has 0 unspecified atom stereocenters. The van der Waals surface area contributed by atoms with Crippen LogP contribution in [0.4, 0.5) is 10.3 Å². The number of aromatic nitrogens is 4. The lowest BCUT2D eigenvalue weighted by atomic mass is 10.3. The van der Waals surface area contributed by atoms with Crippen molar-refractivity contribution in [3.63, 3.8) is 0 Å². The van der Waals surface area contributed by atoms with Gasteiger partial charge in [0.25, 0.3) is 5.56 Å². The van der Waals surface area contributed by atoms with Crippen LogP contribution in [-0.2, 0) is 9.53 Å². The third-order valence-corrected chi connectivity index (χ3v) is 4.24. The zero-order valence-corrected chi connectivity index (χ0v) is 14.6. The fourth-order valence-corrected chi connectivity index (χ4v) is 2.93. The second kappa shape index (κ2) is 7.27. The molecule has 3 heterocycles. The van der Waals surface area contributed by atoms with Gasteiger partial charge in [-0.25, -0.2) is 13.9 Å². The van der Waals surface area contributed by atoms with Crippen molar-refractivity contribution in [2.24, 2.45) is 0 Å². The number of carbonyl (C=O) groups is 1. The average Bonchev–Trinajstić information content (AvgIpc) is 3.11. The topological polar surface area (TPSA) is 123 Å². The lowest BCUT2D eigenvalue weighted by Crippen LogP contribution is -2.38. The molecule has 0 saturated carbocycles. The van der Waals surface area contributed by atoms with E-state index in [-0.39, 0.29) is 28.0 Å². The van der Waals surface area contributed by atoms with E-state index in [1.165, 1.54) is 23.0 Å². The van der Waals surface area contributed by atoms with E-state index in [1.807, 2.05) is 4.90 Å². The first-order chi connectivity index (χ1) is 13.5. The predicted octanol–water partition coefficient (Wildman–Crippen LogP) is 0.548. The Balaban J connectivity index is 1.82. The molecule has 1 aliphatic rings. The molecule has 4 rings (SSSR count). The Bertz CT molecular complexity index is 1090. The van der Waals surface area contributed by atoms with Crippen molar-refractivity contribution < 1.29 is 23.8 Å². The monoisotopic (exact) mass is 389 g/mol. The number of carboxylic acid groups (broad SMARTS) is 1. The van der Waals surface area contributed by atoms with E-state index in [2.05, 4.69) is 15.1 Å². The summed E-state index contributed by atoms with van der Waals surface area (Å²) in [6.07, 6.45) is 1.34. The molecule has 2 aromatic heterocycles. The number of aromatic amines is 1. The molecule has 1 fully saturated rings. The number of nitrogens with one attached hydrogen (secondary N) is 1. The molecule has 1 saturated heterocycles. The summed E-state index contributed by atoms with van der Waals surface area (Å²) >= 11 is 0. The molecule has 3 aromatic rings. The first kappa shape index (κ1) is 17.9. The third-order valence-electron chi connectivity index (χ3n) is 4.24. The minimum Gasteiger partial charge on any atom is -0.480 e. The van der Waals surface area contributed by atoms with E-state index in [0.717, 1.165) is 6.07 Å².